The molecule has 0 aromatic heterocycles. The fraction of sp³-hybridized carbons (Fsp3) is 0.600. The molecule has 1 aromatic carbocycles. The normalized spacial score (nSPS) is 20.5. The molecule has 0 aliphatic heterocycles. The van der Waals surface area contributed by atoms with E-state index in [9.17, 15) is 13.5 Å². The van der Waals surface area contributed by atoms with Gasteiger partial charge in [-0.3, -0.25) is 0 Å². The average molecular weight is 332 g/mol. The van der Waals surface area contributed by atoms with E-state index >= 15 is 0 Å². The van der Waals surface area contributed by atoms with Gasteiger partial charge in [0, 0.05) is 11.1 Å². The Morgan fingerprint density at radius 2 is 1.76 bits per heavy atom. The third kappa shape index (κ3) is 2.61. The first kappa shape index (κ1) is 16.7. The van der Waals surface area contributed by atoms with Crippen molar-refractivity contribution in [2.45, 2.75) is 52.2 Å². The van der Waals surface area contributed by atoms with Crippen LogP contribution in [0.2, 0.25) is 5.02 Å². The zero-order chi connectivity index (χ0) is 16.2. The summed E-state index contributed by atoms with van der Waals surface area (Å²) in [6.45, 7) is 9.62. The fourth-order valence-corrected chi connectivity index (χ4v) is 5.01. The van der Waals surface area contributed by atoms with Crippen molar-refractivity contribution in [1.29, 1.82) is 0 Å². The molecule has 21 heavy (non-hydrogen) atoms. The first-order valence-corrected chi connectivity index (χ1v) is 8.73. The molecule has 0 radical (unpaired) electrons. The van der Waals surface area contributed by atoms with E-state index in [2.05, 4.69) is 4.72 Å². The molecule has 6 heteroatoms. The Morgan fingerprint density at radius 3 is 2.19 bits per heavy atom. The van der Waals surface area contributed by atoms with E-state index in [-0.39, 0.29) is 28.4 Å². The van der Waals surface area contributed by atoms with Crippen molar-refractivity contribution in [3.05, 3.63) is 28.3 Å². The number of hydrogen-bond donors (Lipinski definition) is 2. The summed E-state index contributed by atoms with van der Waals surface area (Å²) in [5.74, 6) is 0. The highest BCUT2D eigenvalue weighted by Crippen LogP contribution is 2.63. The number of aliphatic hydroxyl groups is 1. The van der Waals surface area contributed by atoms with Gasteiger partial charge in [-0.15, -0.1) is 0 Å². The number of rotatable bonds is 4. The molecular formula is C15H22ClNO3S. The number of benzene rings is 1. The van der Waals surface area contributed by atoms with Gasteiger partial charge in [0.25, 0.3) is 0 Å². The van der Waals surface area contributed by atoms with Gasteiger partial charge in [-0.05, 0) is 41.0 Å². The van der Waals surface area contributed by atoms with Crippen LogP contribution in [0.25, 0.3) is 0 Å². The summed E-state index contributed by atoms with van der Waals surface area (Å²) in [5, 5.41) is 9.62. The van der Waals surface area contributed by atoms with Crippen molar-refractivity contribution in [1.82, 2.24) is 4.72 Å². The lowest BCUT2D eigenvalue weighted by molar-refractivity contribution is 0.280. The Kier molecular flexibility index (Phi) is 3.94. The molecule has 1 aliphatic rings. The minimum absolute atomic E-state index is 0.0909. The largest absolute Gasteiger partial charge is 0.392 e. The van der Waals surface area contributed by atoms with Crippen LogP contribution in [0, 0.1) is 17.8 Å². The summed E-state index contributed by atoms with van der Waals surface area (Å²) in [6.07, 6.45) is 0. The number of sulfonamides is 1. The Balaban J connectivity index is 2.41. The van der Waals surface area contributed by atoms with Crippen molar-refractivity contribution < 1.29 is 13.5 Å². The lowest BCUT2D eigenvalue weighted by atomic mass is 10.0. The Bertz CT molecular complexity index is 666. The van der Waals surface area contributed by atoms with Crippen LogP contribution in [-0.2, 0) is 16.6 Å². The average Bonchev–Trinajstić information content (AvgIpc) is 2.73. The lowest BCUT2D eigenvalue weighted by Gasteiger charge is -2.13. The molecule has 118 valence electrons. The molecule has 1 saturated carbocycles. The SMILES string of the molecule is Cc1c(CO)cc(Cl)cc1S(=O)(=O)NC1C(C)(C)C1(C)C. The second-order valence-electron chi connectivity index (χ2n) is 6.84. The first-order chi connectivity index (χ1) is 9.45. The Labute approximate surface area is 131 Å². The molecule has 4 nitrogen and oxygen atoms in total. The highest BCUT2D eigenvalue weighted by atomic mass is 35.5. The monoisotopic (exact) mass is 331 g/mol. The second-order valence-corrected chi connectivity index (χ2v) is 8.96. The third-order valence-corrected chi connectivity index (χ3v) is 6.95. The third-order valence-electron chi connectivity index (χ3n) is 5.19. The number of halogens is 1. The zero-order valence-corrected chi connectivity index (χ0v) is 14.6. The van der Waals surface area contributed by atoms with Crippen LogP contribution in [0.15, 0.2) is 17.0 Å². The molecule has 0 bridgehead atoms. The maximum absolute atomic E-state index is 12.6. The molecule has 0 heterocycles. The molecule has 0 spiro atoms. The molecule has 2 rings (SSSR count). The van der Waals surface area contributed by atoms with Crippen LogP contribution >= 0.6 is 11.6 Å². The van der Waals surface area contributed by atoms with E-state index in [0.29, 0.717) is 16.1 Å². The van der Waals surface area contributed by atoms with E-state index < -0.39 is 10.0 Å². The van der Waals surface area contributed by atoms with Crippen LogP contribution in [0.1, 0.15) is 38.8 Å². The van der Waals surface area contributed by atoms with Crippen molar-refractivity contribution in [2.75, 3.05) is 0 Å². The van der Waals surface area contributed by atoms with Gasteiger partial charge in [-0.1, -0.05) is 39.3 Å². The number of nitrogens with one attached hydrogen (secondary N) is 1. The second kappa shape index (κ2) is 4.95. The summed E-state index contributed by atoms with van der Waals surface area (Å²) < 4.78 is 28.1. The summed E-state index contributed by atoms with van der Waals surface area (Å²) in [7, 11) is -3.67. The fourth-order valence-electron chi connectivity index (χ4n) is 2.86. The van der Waals surface area contributed by atoms with Crippen molar-refractivity contribution in [3.63, 3.8) is 0 Å². The lowest BCUT2D eigenvalue weighted by Crippen LogP contribution is -2.30. The number of aliphatic hydroxyl groups excluding tert-OH is 1. The smallest absolute Gasteiger partial charge is 0.241 e. The topological polar surface area (TPSA) is 66.4 Å². The summed E-state index contributed by atoms with van der Waals surface area (Å²) >= 11 is 5.97. The van der Waals surface area contributed by atoms with Gasteiger partial charge in [-0.2, -0.15) is 0 Å². The van der Waals surface area contributed by atoms with E-state index in [1.807, 2.05) is 27.7 Å². The first-order valence-electron chi connectivity index (χ1n) is 6.87. The summed E-state index contributed by atoms with van der Waals surface area (Å²) in [4.78, 5) is 0.137. The minimum atomic E-state index is -3.67. The number of hydrogen-bond acceptors (Lipinski definition) is 3. The van der Waals surface area contributed by atoms with E-state index in [1.165, 1.54) is 6.07 Å². The highest BCUT2D eigenvalue weighted by molar-refractivity contribution is 7.89. The molecule has 1 aromatic rings. The van der Waals surface area contributed by atoms with Gasteiger partial charge >= 0.3 is 0 Å². The Hall–Kier alpha value is -0.620. The van der Waals surface area contributed by atoms with Gasteiger partial charge in [0.2, 0.25) is 10.0 Å². The van der Waals surface area contributed by atoms with Crippen LogP contribution < -0.4 is 4.72 Å². The van der Waals surface area contributed by atoms with Gasteiger partial charge in [0.1, 0.15) is 0 Å². The van der Waals surface area contributed by atoms with Crippen LogP contribution in [0.3, 0.4) is 0 Å². The summed E-state index contributed by atoms with van der Waals surface area (Å²) in [6, 6.07) is 2.90. The predicted molar refractivity (Wildman–Crippen MR) is 83.8 cm³/mol. The maximum atomic E-state index is 12.6. The van der Waals surface area contributed by atoms with E-state index in [1.54, 1.807) is 13.0 Å². The van der Waals surface area contributed by atoms with Gasteiger partial charge in [0.05, 0.1) is 11.5 Å². The van der Waals surface area contributed by atoms with Gasteiger partial charge < -0.3 is 5.11 Å². The highest BCUT2D eigenvalue weighted by Gasteiger charge is 2.66. The molecule has 1 fully saturated rings. The van der Waals surface area contributed by atoms with Crippen LogP contribution in [0.5, 0.6) is 0 Å². The van der Waals surface area contributed by atoms with Crippen LogP contribution in [0.4, 0.5) is 0 Å². The summed E-state index contributed by atoms with van der Waals surface area (Å²) in [5.41, 5.74) is 0.876. The quantitative estimate of drug-likeness (QED) is 0.891. The molecule has 0 saturated heterocycles. The van der Waals surface area contributed by atoms with Crippen molar-refractivity contribution in [3.8, 4) is 0 Å². The maximum Gasteiger partial charge on any atom is 0.241 e. The Morgan fingerprint density at radius 1 is 1.24 bits per heavy atom. The van der Waals surface area contributed by atoms with Crippen molar-refractivity contribution >= 4 is 21.6 Å². The van der Waals surface area contributed by atoms with E-state index in [0.717, 1.165) is 0 Å². The molecule has 0 atom stereocenters. The standard InChI is InChI=1S/C15H22ClNO3S/c1-9-10(8-18)6-11(16)7-12(9)21(19,20)17-13-14(2,3)15(13,4)5/h6-7,13,17-18H,8H2,1-5H3. The van der Waals surface area contributed by atoms with Crippen molar-refractivity contribution in [2.24, 2.45) is 10.8 Å². The molecular weight excluding hydrogens is 310 g/mol. The molecule has 1 aliphatic carbocycles. The van der Waals surface area contributed by atoms with Gasteiger partial charge in [-0.25, -0.2) is 13.1 Å². The van der Waals surface area contributed by atoms with Crippen LogP contribution in [-0.4, -0.2) is 19.6 Å². The minimum Gasteiger partial charge on any atom is -0.392 e. The molecule has 0 unspecified atom stereocenters. The molecule has 0 amide bonds. The van der Waals surface area contributed by atoms with Gasteiger partial charge in [0.15, 0.2) is 0 Å². The predicted octanol–water partition coefficient (Wildman–Crippen LogP) is 2.85. The van der Waals surface area contributed by atoms with E-state index in [4.69, 9.17) is 11.6 Å². The molecule has 2 N–H and O–H groups in total. The zero-order valence-electron chi connectivity index (χ0n) is 13.0.